The predicted molar refractivity (Wildman–Crippen MR) is 49.6 cm³/mol. The van der Waals surface area contributed by atoms with Gasteiger partial charge in [-0.2, -0.15) is 11.4 Å². The van der Waals surface area contributed by atoms with Crippen molar-refractivity contribution in [3.63, 3.8) is 0 Å². The fraction of sp³-hybridized carbons (Fsp3) is 0.750. The Morgan fingerprint density at radius 3 is 2.55 bits per heavy atom. The average Bonchev–Trinajstić information content (AvgIpc) is 2.03. The second kappa shape index (κ2) is 4.54. The molecule has 11 heavy (non-hydrogen) atoms. The second-order valence-corrected chi connectivity index (χ2v) is 4.19. The van der Waals surface area contributed by atoms with E-state index in [4.69, 9.17) is 5.11 Å². The summed E-state index contributed by atoms with van der Waals surface area (Å²) in [5, 5.41) is 10.4. The highest BCUT2D eigenvalue weighted by Crippen LogP contribution is 2.23. The molecule has 64 valence electrons. The van der Waals surface area contributed by atoms with Gasteiger partial charge in [0.1, 0.15) is 0 Å². The Morgan fingerprint density at radius 2 is 2.00 bits per heavy atom. The molecule has 0 radical (unpaired) electrons. The Hall–Kier alpha value is -0.310. The zero-order valence-corrected chi connectivity index (χ0v) is 7.39. The maximum atomic E-state index is 10.2. The molecule has 1 fully saturated rings. The lowest BCUT2D eigenvalue weighted by molar-refractivity contribution is -0.128. The van der Waals surface area contributed by atoms with Gasteiger partial charge < -0.3 is 5.11 Å². The normalized spacial score (nSPS) is 21.5. The molecule has 1 N–H and O–H groups in total. The highest BCUT2D eigenvalue weighted by molar-refractivity contribution is 7.99. The quantitative estimate of drug-likeness (QED) is 0.493. The molecule has 0 saturated heterocycles. The molecule has 0 atom stereocenters. The van der Waals surface area contributed by atoms with E-state index in [1.54, 1.807) is 0 Å². The molecular weight excluding hydrogens is 160 g/mol. The standard InChI is InChI=1S/C8H14O2S/c9-8(10)6-11-7-4-2-1-3-5-7/h6-7,11H,1-5H2,(H,9,10). The minimum absolute atomic E-state index is 0.625. The minimum atomic E-state index is -0.780. The largest absolute Gasteiger partial charge is 0.478 e. The summed E-state index contributed by atoms with van der Waals surface area (Å²) in [7, 11) is 0. The number of thiol groups is 1. The Kier molecular flexibility index (Phi) is 3.63. The third-order valence-electron chi connectivity index (χ3n) is 1.97. The molecule has 0 aliphatic heterocycles. The predicted octanol–water partition coefficient (Wildman–Crippen LogP) is 1.67. The summed E-state index contributed by atoms with van der Waals surface area (Å²) in [4.78, 5) is 10.2. The van der Waals surface area contributed by atoms with Crippen molar-refractivity contribution < 1.29 is 9.90 Å². The summed E-state index contributed by atoms with van der Waals surface area (Å²) in [6, 6.07) is 0. The van der Waals surface area contributed by atoms with Gasteiger partial charge >= 0.3 is 5.97 Å². The van der Waals surface area contributed by atoms with Crippen molar-refractivity contribution in [2.24, 2.45) is 0 Å². The molecule has 0 spiro atoms. The molecule has 0 aromatic rings. The fourth-order valence-corrected chi connectivity index (χ4v) is 2.40. The number of carboxylic acid groups (broad SMARTS) is 1. The first-order valence-electron chi connectivity index (χ1n) is 4.05. The first-order valence-corrected chi connectivity index (χ1v) is 5.08. The first-order chi connectivity index (χ1) is 5.29. The summed E-state index contributed by atoms with van der Waals surface area (Å²) in [5.74, 6) is -0.780. The van der Waals surface area contributed by atoms with Crippen LogP contribution in [0, 0.1) is 0 Å². The maximum absolute atomic E-state index is 10.2. The van der Waals surface area contributed by atoms with Crippen molar-refractivity contribution in [2.75, 3.05) is 0 Å². The number of hydrogen-bond donors (Lipinski definition) is 2. The molecular formula is C8H14O2S. The summed E-state index contributed by atoms with van der Waals surface area (Å²) in [6.45, 7) is 0. The number of carbonyl (C=O) groups is 1. The van der Waals surface area contributed by atoms with E-state index in [0.717, 1.165) is 11.4 Å². The highest BCUT2D eigenvalue weighted by Gasteiger charge is 2.09. The number of carboxylic acids is 1. The third kappa shape index (κ3) is 3.56. The first kappa shape index (κ1) is 8.78. The smallest absolute Gasteiger partial charge is 0.333 e. The topological polar surface area (TPSA) is 37.3 Å². The summed E-state index contributed by atoms with van der Waals surface area (Å²) >= 11 is 1.01. The van der Waals surface area contributed by atoms with Gasteiger partial charge in [0.15, 0.2) is 0 Å². The van der Waals surface area contributed by atoms with Gasteiger partial charge in [0, 0.05) is 5.37 Å². The van der Waals surface area contributed by atoms with Crippen LogP contribution in [0.15, 0.2) is 0 Å². The SMILES string of the molecule is O=C(O)C=[SH]C1CCCCC1. The van der Waals surface area contributed by atoms with Gasteiger partial charge in [-0.1, -0.05) is 19.3 Å². The zero-order valence-electron chi connectivity index (χ0n) is 6.49. The van der Waals surface area contributed by atoms with E-state index in [9.17, 15) is 4.79 Å². The average molecular weight is 174 g/mol. The van der Waals surface area contributed by atoms with Crippen LogP contribution >= 0.6 is 11.4 Å². The van der Waals surface area contributed by atoms with Crippen LogP contribution < -0.4 is 0 Å². The van der Waals surface area contributed by atoms with Crippen LogP contribution in [0.4, 0.5) is 0 Å². The molecule has 0 unspecified atom stereocenters. The van der Waals surface area contributed by atoms with E-state index in [-0.39, 0.29) is 0 Å². The molecule has 2 nitrogen and oxygen atoms in total. The third-order valence-corrected chi connectivity index (χ3v) is 3.28. The van der Waals surface area contributed by atoms with Crippen LogP contribution in [0.5, 0.6) is 0 Å². The van der Waals surface area contributed by atoms with Crippen LogP contribution in [-0.4, -0.2) is 21.7 Å². The minimum Gasteiger partial charge on any atom is -0.478 e. The summed E-state index contributed by atoms with van der Waals surface area (Å²) in [5.41, 5.74) is 0. The van der Waals surface area contributed by atoms with Gasteiger partial charge in [0.2, 0.25) is 0 Å². The number of rotatable bonds is 2. The monoisotopic (exact) mass is 174 g/mol. The van der Waals surface area contributed by atoms with E-state index in [1.165, 1.54) is 37.5 Å². The lowest BCUT2D eigenvalue weighted by atomic mass is 10.0. The Morgan fingerprint density at radius 1 is 1.36 bits per heavy atom. The van der Waals surface area contributed by atoms with Gasteiger partial charge in [0.25, 0.3) is 0 Å². The van der Waals surface area contributed by atoms with Crippen molar-refractivity contribution in [2.45, 2.75) is 37.4 Å². The molecule has 1 saturated carbocycles. The van der Waals surface area contributed by atoms with Gasteiger partial charge in [-0.15, -0.1) is 0 Å². The van der Waals surface area contributed by atoms with Gasteiger partial charge in [0.05, 0.1) is 0 Å². The molecule has 3 heteroatoms. The molecule has 0 aromatic heterocycles. The molecule has 1 aliphatic rings. The number of hydrogen-bond acceptors (Lipinski definition) is 1. The van der Waals surface area contributed by atoms with E-state index in [1.807, 2.05) is 0 Å². The van der Waals surface area contributed by atoms with Crippen LogP contribution in [0.2, 0.25) is 0 Å². The molecule has 0 heterocycles. The summed E-state index contributed by atoms with van der Waals surface area (Å²) in [6.07, 6.45) is 6.33. The van der Waals surface area contributed by atoms with E-state index in [2.05, 4.69) is 0 Å². The fourth-order valence-electron chi connectivity index (χ4n) is 1.40. The highest BCUT2D eigenvalue weighted by atomic mass is 32.1. The van der Waals surface area contributed by atoms with E-state index < -0.39 is 5.97 Å². The van der Waals surface area contributed by atoms with Crippen LogP contribution in [-0.2, 0) is 4.79 Å². The van der Waals surface area contributed by atoms with E-state index in [0.29, 0.717) is 5.25 Å². The lowest BCUT2D eigenvalue weighted by Gasteiger charge is -2.17. The lowest BCUT2D eigenvalue weighted by Crippen LogP contribution is -2.07. The van der Waals surface area contributed by atoms with Crippen molar-refractivity contribution in [3.05, 3.63) is 0 Å². The molecule has 0 aromatic carbocycles. The maximum Gasteiger partial charge on any atom is 0.333 e. The van der Waals surface area contributed by atoms with Gasteiger partial charge in [-0.3, -0.25) is 0 Å². The Balaban J connectivity index is 2.29. The van der Waals surface area contributed by atoms with Crippen LogP contribution in [0.1, 0.15) is 32.1 Å². The number of aliphatic carboxylic acids is 1. The zero-order chi connectivity index (χ0) is 8.10. The van der Waals surface area contributed by atoms with E-state index >= 15 is 0 Å². The van der Waals surface area contributed by atoms with Crippen LogP contribution in [0.3, 0.4) is 0 Å². The van der Waals surface area contributed by atoms with Crippen molar-refractivity contribution in [1.82, 2.24) is 0 Å². The molecule has 0 amide bonds. The van der Waals surface area contributed by atoms with Crippen molar-refractivity contribution in [1.29, 1.82) is 0 Å². The second-order valence-electron chi connectivity index (χ2n) is 2.91. The van der Waals surface area contributed by atoms with Gasteiger partial charge in [-0.05, 0) is 18.1 Å². The van der Waals surface area contributed by atoms with Crippen LogP contribution in [0.25, 0.3) is 0 Å². The molecule has 0 bridgehead atoms. The molecule has 1 aliphatic carbocycles. The van der Waals surface area contributed by atoms with Crippen molar-refractivity contribution in [3.8, 4) is 0 Å². The van der Waals surface area contributed by atoms with Crippen molar-refractivity contribution >= 4 is 22.7 Å². The Bertz CT molecular complexity index is 159. The molecule has 1 rings (SSSR count). The van der Waals surface area contributed by atoms with Gasteiger partial charge in [-0.25, -0.2) is 4.79 Å². The summed E-state index contributed by atoms with van der Waals surface area (Å²) < 4.78 is 0. The Labute approximate surface area is 70.6 Å².